The Kier molecular flexibility index (Phi) is 40.6. The first-order valence-corrected chi connectivity index (χ1v) is 22.2. The van der Waals surface area contributed by atoms with E-state index in [-0.39, 0.29) is 31.1 Å². The Balaban J connectivity index is 4.48. The average molecular weight is 765 g/mol. The molecule has 0 radical (unpaired) electrons. The largest absolute Gasteiger partial charge is 0.462 e. The van der Waals surface area contributed by atoms with Gasteiger partial charge in [-0.05, 0) is 77.0 Å². The standard InChI is InChI=1S/C49H80O6/c1-4-7-10-13-16-19-22-24-27-30-33-36-39-42-48(51)54-45-46(44-53-47(50)41-38-35-32-29-26-21-18-15-12-9-6-3)55-49(52)43-40-37-34-31-28-25-23-20-17-14-11-8-5-2/h7-8,10-11,13-20,22-23,46H,4-6,9,12,21,24-45H2,1-3H3/b10-7-,11-8-,16-13-,17-14-,18-15-,22-19-,23-20-. The lowest BCUT2D eigenvalue weighted by Crippen LogP contribution is -2.30. The quantitative estimate of drug-likeness (QED) is 0.0205. The van der Waals surface area contributed by atoms with Crippen molar-refractivity contribution < 1.29 is 28.6 Å². The normalized spacial score (nSPS) is 12.9. The minimum absolute atomic E-state index is 0.0977. The molecule has 0 aliphatic carbocycles. The predicted octanol–water partition coefficient (Wildman–Crippen LogP) is 14.1. The van der Waals surface area contributed by atoms with E-state index < -0.39 is 6.10 Å². The number of carbonyl (C=O) groups is 3. The van der Waals surface area contributed by atoms with E-state index >= 15 is 0 Å². The third-order valence-electron chi connectivity index (χ3n) is 8.99. The molecule has 1 unspecified atom stereocenters. The Morgan fingerprint density at radius 3 is 1.15 bits per heavy atom. The lowest BCUT2D eigenvalue weighted by Gasteiger charge is -2.18. The average Bonchev–Trinajstić information content (AvgIpc) is 3.18. The molecule has 0 bridgehead atoms. The Hall–Kier alpha value is -3.41. The van der Waals surface area contributed by atoms with E-state index in [0.29, 0.717) is 19.3 Å². The van der Waals surface area contributed by atoms with Gasteiger partial charge in [0.25, 0.3) is 0 Å². The van der Waals surface area contributed by atoms with Crippen LogP contribution < -0.4 is 0 Å². The van der Waals surface area contributed by atoms with E-state index in [0.717, 1.165) is 122 Å². The molecule has 0 heterocycles. The van der Waals surface area contributed by atoms with Gasteiger partial charge in [0.05, 0.1) is 0 Å². The van der Waals surface area contributed by atoms with Crippen molar-refractivity contribution in [3.05, 3.63) is 85.1 Å². The molecule has 0 fully saturated rings. The molecular formula is C49H80O6. The molecule has 0 aliphatic rings. The zero-order chi connectivity index (χ0) is 40.1. The molecule has 6 nitrogen and oxygen atoms in total. The number of allylic oxidation sites excluding steroid dienone is 14. The third kappa shape index (κ3) is 41.6. The van der Waals surface area contributed by atoms with Gasteiger partial charge in [-0.25, -0.2) is 0 Å². The number of ether oxygens (including phenoxy) is 3. The molecule has 0 rings (SSSR count). The van der Waals surface area contributed by atoms with Crippen molar-refractivity contribution in [1.29, 1.82) is 0 Å². The van der Waals surface area contributed by atoms with Crippen LogP contribution in [0, 0.1) is 0 Å². The van der Waals surface area contributed by atoms with Crippen LogP contribution in [0.2, 0.25) is 0 Å². The topological polar surface area (TPSA) is 78.9 Å². The molecule has 0 saturated heterocycles. The van der Waals surface area contributed by atoms with Crippen LogP contribution in [0.3, 0.4) is 0 Å². The summed E-state index contributed by atoms with van der Waals surface area (Å²) in [4.78, 5) is 37.7. The predicted molar refractivity (Wildman–Crippen MR) is 233 cm³/mol. The van der Waals surface area contributed by atoms with Crippen LogP contribution in [-0.2, 0) is 28.6 Å². The maximum Gasteiger partial charge on any atom is 0.306 e. The van der Waals surface area contributed by atoms with Gasteiger partial charge in [-0.15, -0.1) is 0 Å². The van der Waals surface area contributed by atoms with Crippen LogP contribution in [0.25, 0.3) is 0 Å². The van der Waals surface area contributed by atoms with Crippen LogP contribution in [-0.4, -0.2) is 37.2 Å². The number of esters is 3. The third-order valence-corrected chi connectivity index (χ3v) is 8.99. The molecule has 0 N–H and O–H groups in total. The van der Waals surface area contributed by atoms with Crippen LogP contribution in [0.5, 0.6) is 0 Å². The van der Waals surface area contributed by atoms with E-state index in [1.54, 1.807) is 0 Å². The minimum Gasteiger partial charge on any atom is -0.462 e. The molecule has 0 aromatic carbocycles. The van der Waals surface area contributed by atoms with Gasteiger partial charge in [0.2, 0.25) is 0 Å². The second-order valence-electron chi connectivity index (χ2n) is 14.3. The van der Waals surface area contributed by atoms with Gasteiger partial charge in [-0.2, -0.15) is 0 Å². The highest BCUT2D eigenvalue weighted by atomic mass is 16.6. The Bertz CT molecular complexity index is 1110. The van der Waals surface area contributed by atoms with Crippen molar-refractivity contribution in [3.8, 4) is 0 Å². The SMILES string of the molecule is CC\C=C/C=C\C=C/CCCCCCCC(=O)OCC(COC(=O)CCCCCCC/C=C\CCCC)OC(=O)CCCCCCC\C=C/C=C\C=C/CC. The first-order chi connectivity index (χ1) is 27.0. The van der Waals surface area contributed by atoms with Crippen molar-refractivity contribution in [3.63, 3.8) is 0 Å². The smallest absolute Gasteiger partial charge is 0.306 e. The number of hydrogen-bond acceptors (Lipinski definition) is 6. The second-order valence-corrected chi connectivity index (χ2v) is 14.3. The van der Waals surface area contributed by atoms with E-state index in [9.17, 15) is 14.4 Å². The van der Waals surface area contributed by atoms with Gasteiger partial charge >= 0.3 is 17.9 Å². The molecule has 0 spiro atoms. The van der Waals surface area contributed by atoms with Crippen LogP contribution >= 0.6 is 0 Å². The van der Waals surface area contributed by atoms with E-state index in [1.807, 2.05) is 12.2 Å². The molecule has 0 aromatic rings. The van der Waals surface area contributed by atoms with Crippen molar-refractivity contribution in [2.24, 2.45) is 0 Å². The van der Waals surface area contributed by atoms with Gasteiger partial charge in [0.15, 0.2) is 6.10 Å². The zero-order valence-corrected chi connectivity index (χ0v) is 35.4. The Labute approximate surface area is 337 Å². The van der Waals surface area contributed by atoms with E-state index in [2.05, 4.69) is 93.7 Å². The molecule has 1 atom stereocenters. The minimum atomic E-state index is -0.797. The lowest BCUT2D eigenvalue weighted by molar-refractivity contribution is -0.167. The summed E-state index contributed by atoms with van der Waals surface area (Å²) in [5.41, 5.74) is 0. The fourth-order valence-electron chi connectivity index (χ4n) is 5.66. The number of hydrogen-bond donors (Lipinski definition) is 0. The second kappa shape index (κ2) is 43.3. The summed E-state index contributed by atoms with van der Waals surface area (Å²) in [7, 11) is 0. The van der Waals surface area contributed by atoms with Gasteiger partial charge in [0, 0.05) is 19.3 Å². The van der Waals surface area contributed by atoms with E-state index in [4.69, 9.17) is 14.2 Å². The highest BCUT2D eigenvalue weighted by Crippen LogP contribution is 2.13. The number of rotatable bonds is 38. The number of unbranched alkanes of at least 4 members (excludes halogenated alkanes) is 17. The highest BCUT2D eigenvalue weighted by Gasteiger charge is 2.19. The molecule has 0 aliphatic heterocycles. The molecule has 55 heavy (non-hydrogen) atoms. The summed E-state index contributed by atoms with van der Waals surface area (Å²) >= 11 is 0. The summed E-state index contributed by atoms with van der Waals surface area (Å²) in [5.74, 6) is -0.959. The molecule has 0 amide bonds. The summed E-state index contributed by atoms with van der Waals surface area (Å²) in [6, 6.07) is 0. The Morgan fingerprint density at radius 1 is 0.382 bits per heavy atom. The molecule has 312 valence electrons. The monoisotopic (exact) mass is 765 g/mol. The maximum atomic E-state index is 12.7. The molecular weight excluding hydrogens is 685 g/mol. The summed E-state index contributed by atoms with van der Waals surface area (Å²) in [6.45, 7) is 6.26. The van der Waals surface area contributed by atoms with Crippen molar-refractivity contribution in [2.45, 2.75) is 194 Å². The van der Waals surface area contributed by atoms with Gasteiger partial charge < -0.3 is 14.2 Å². The maximum absolute atomic E-state index is 12.7. The molecule has 6 heteroatoms. The summed E-state index contributed by atoms with van der Waals surface area (Å²) in [5, 5.41) is 0. The van der Waals surface area contributed by atoms with Gasteiger partial charge in [-0.3, -0.25) is 14.4 Å². The summed E-state index contributed by atoms with van der Waals surface area (Å²) < 4.78 is 16.6. The number of carbonyl (C=O) groups excluding carboxylic acids is 3. The van der Waals surface area contributed by atoms with Gasteiger partial charge in [-0.1, -0.05) is 176 Å². The fourth-order valence-corrected chi connectivity index (χ4v) is 5.66. The Morgan fingerprint density at radius 2 is 0.727 bits per heavy atom. The van der Waals surface area contributed by atoms with Crippen LogP contribution in [0.1, 0.15) is 188 Å². The van der Waals surface area contributed by atoms with Crippen molar-refractivity contribution in [2.75, 3.05) is 13.2 Å². The first kappa shape index (κ1) is 51.6. The van der Waals surface area contributed by atoms with Gasteiger partial charge in [0.1, 0.15) is 13.2 Å². The highest BCUT2D eigenvalue weighted by molar-refractivity contribution is 5.71. The first-order valence-electron chi connectivity index (χ1n) is 22.2. The lowest BCUT2D eigenvalue weighted by atomic mass is 10.1. The molecule has 0 saturated carbocycles. The summed E-state index contributed by atoms with van der Waals surface area (Å²) in [6.07, 6.45) is 54.2. The molecule has 0 aromatic heterocycles. The van der Waals surface area contributed by atoms with Crippen molar-refractivity contribution in [1.82, 2.24) is 0 Å². The van der Waals surface area contributed by atoms with Crippen LogP contribution in [0.4, 0.5) is 0 Å². The fraction of sp³-hybridized carbons (Fsp3) is 0.653. The van der Waals surface area contributed by atoms with Crippen LogP contribution in [0.15, 0.2) is 85.1 Å². The van der Waals surface area contributed by atoms with Crippen molar-refractivity contribution >= 4 is 17.9 Å². The van der Waals surface area contributed by atoms with E-state index in [1.165, 1.54) is 25.7 Å². The zero-order valence-electron chi connectivity index (χ0n) is 35.4.